The molecule has 25 heavy (non-hydrogen) atoms. The summed E-state index contributed by atoms with van der Waals surface area (Å²) in [4.78, 5) is 25.7. The lowest BCUT2D eigenvalue weighted by Crippen LogP contribution is -2.39. The number of benzene rings is 1. The molecule has 1 saturated heterocycles. The van der Waals surface area contributed by atoms with Crippen molar-refractivity contribution in [2.45, 2.75) is 39.7 Å². The summed E-state index contributed by atoms with van der Waals surface area (Å²) in [5.41, 5.74) is 3.94. The van der Waals surface area contributed by atoms with E-state index in [1.165, 1.54) is 11.8 Å². The Morgan fingerprint density at radius 2 is 1.80 bits per heavy atom. The summed E-state index contributed by atoms with van der Waals surface area (Å²) >= 11 is 0. The number of aromatic nitrogens is 2. The predicted molar refractivity (Wildman–Crippen MR) is 94.0 cm³/mol. The summed E-state index contributed by atoms with van der Waals surface area (Å²) in [5.74, 6) is -0.893. The van der Waals surface area contributed by atoms with Gasteiger partial charge in [-0.25, -0.2) is 4.79 Å². The van der Waals surface area contributed by atoms with Crippen molar-refractivity contribution in [3.63, 3.8) is 0 Å². The molecular weight excluding hydrogens is 318 g/mol. The van der Waals surface area contributed by atoms with E-state index in [1.807, 2.05) is 36.9 Å². The van der Waals surface area contributed by atoms with Gasteiger partial charge in [0.05, 0.1) is 17.9 Å². The van der Waals surface area contributed by atoms with Crippen molar-refractivity contribution in [3.8, 4) is 0 Å². The van der Waals surface area contributed by atoms with Crippen molar-refractivity contribution in [1.29, 1.82) is 0 Å². The molecule has 1 aliphatic heterocycles. The van der Waals surface area contributed by atoms with Crippen LogP contribution in [0, 0.1) is 20.8 Å². The third-order valence-electron chi connectivity index (χ3n) is 5.13. The van der Waals surface area contributed by atoms with E-state index in [9.17, 15) is 9.59 Å². The van der Waals surface area contributed by atoms with Gasteiger partial charge in [-0.1, -0.05) is 6.07 Å². The molecule has 1 aromatic carbocycles. The molecule has 1 aliphatic rings. The quantitative estimate of drug-likeness (QED) is 0.931. The van der Waals surface area contributed by atoms with Gasteiger partial charge >= 0.3 is 5.97 Å². The molecule has 1 fully saturated rings. The van der Waals surface area contributed by atoms with E-state index in [1.54, 1.807) is 11.6 Å². The van der Waals surface area contributed by atoms with Crippen LogP contribution in [0.25, 0.3) is 0 Å². The molecule has 0 atom stereocenters. The topological polar surface area (TPSA) is 75.4 Å². The van der Waals surface area contributed by atoms with Crippen LogP contribution in [0.2, 0.25) is 0 Å². The van der Waals surface area contributed by atoms with Crippen LogP contribution in [0.3, 0.4) is 0 Å². The number of carboxylic acids is 1. The number of aromatic carboxylic acids is 1. The van der Waals surface area contributed by atoms with Gasteiger partial charge in [0.1, 0.15) is 5.56 Å². The van der Waals surface area contributed by atoms with Gasteiger partial charge < -0.3 is 10.0 Å². The molecule has 0 unspecified atom stereocenters. The Morgan fingerprint density at radius 3 is 2.36 bits per heavy atom. The van der Waals surface area contributed by atoms with Crippen molar-refractivity contribution >= 4 is 11.9 Å². The van der Waals surface area contributed by atoms with Crippen molar-refractivity contribution in [2.24, 2.45) is 0 Å². The first-order valence-corrected chi connectivity index (χ1v) is 8.52. The zero-order valence-electron chi connectivity index (χ0n) is 14.8. The van der Waals surface area contributed by atoms with Gasteiger partial charge in [-0.3, -0.25) is 9.48 Å². The predicted octanol–water partition coefficient (Wildman–Crippen LogP) is 2.98. The van der Waals surface area contributed by atoms with Gasteiger partial charge in [0.25, 0.3) is 5.91 Å². The number of aryl methyl sites for hydroxylation is 2. The van der Waals surface area contributed by atoms with E-state index in [0.29, 0.717) is 18.8 Å². The maximum atomic E-state index is 12.7. The number of likely N-dealkylation sites (tertiary alicyclic amines) is 1. The zero-order chi connectivity index (χ0) is 18.1. The lowest BCUT2D eigenvalue weighted by Gasteiger charge is -2.32. The molecule has 6 heteroatoms. The van der Waals surface area contributed by atoms with Crippen molar-refractivity contribution < 1.29 is 14.7 Å². The fraction of sp³-hybridized carbons (Fsp3) is 0.421. The summed E-state index contributed by atoms with van der Waals surface area (Å²) in [7, 11) is 0. The zero-order valence-corrected chi connectivity index (χ0v) is 14.8. The van der Waals surface area contributed by atoms with Crippen LogP contribution >= 0.6 is 0 Å². The number of carbonyl (C=O) groups is 2. The summed E-state index contributed by atoms with van der Waals surface area (Å²) in [6.07, 6.45) is 2.96. The fourth-order valence-electron chi connectivity index (χ4n) is 3.37. The number of piperidine rings is 1. The smallest absolute Gasteiger partial charge is 0.339 e. The van der Waals surface area contributed by atoms with E-state index >= 15 is 0 Å². The Morgan fingerprint density at radius 1 is 1.12 bits per heavy atom. The number of hydrogen-bond acceptors (Lipinski definition) is 3. The molecular formula is C19H23N3O3. The second-order valence-corrected chi connectivity index (χ2v) is 6.72. The first-order valence-electron chi connectivity index (χ1n) is 8.52. The van der Waals surface area contributed by atoms with Crippen LogP contribution in [-0.2, 0) is 0 Å². The molecule has 132 valence electrons. The first kappa shape index (κ1) is 17.2. The number of amides is 1. The second kappa shape index (κ2) is 6.70. The third-order valence-corrected chi connectivity index (χ3v) is 5.13. The normalized spacial score (nSPS) is 15.4. The SMILES string of the molecule is Cc1ccc(C(=O)N2CCC(n3ncc(C(=O)O)c3C)CC2)cc1C. The fourth-order valence-corrected chi connectivity index (χ4v) is 3.37. The average Bonchev–Trinajstić information content (AvgIpc) is 2.98. The molecule has 0 saturated carbocycles. The number of carboxylic acid groups (broad SMARTS) is 1. The molecule has 1 N–H and O–H groups in total. The number of nitrogens with zero attached hydrogens (tertiary/aromatic N) is 3. The Balaban J connectivity index is 1.68. The minimum atomic E-state index is -0.953. The average molecular weight is 341 g/mol. The van der Waals surface area contributed by atoms with Gasteiger partial charge in [-0.05, 0) is 56.9 Å². The van der Waals surface area contributed by atoms with Crippen LogP contribution in [-0.4, -0.2) is 44.8 Å². The molecule has 6 nitrogen and oxygen atoms in total. The standard InChI is InChI=1S/C19H23N3O3/c1-12-4-5-15(10-13(12)2)18(23)21-8-6-16(7-9-21)22-14(3)17(11-20-22)19(24)25/h4-5,10-11,16H,6-9H2,1-3H3,(H,24,25). The Hall–Kier alpha value is -2.63. The van der Waals surface area contributed by atoms with Crippen LogP contribution in [0.15, 0.2) is 24.4 Å². The first-order chi connectivity index (χ1) is 11.9. The van der Waals surface area contributed by atoms with Crippen molar-refractivity contribution in [1.82, 2.24) is 14.7 Å². The van der Waals surface area contributed by atoms with Crippen LogP contribution in [0.5, 0.6) is 0 Å². The lowest BCUT2D eigenvalue weighted by atomic mass is 10.0. The summed E-state index contributed by atoms with van der Waals surface area (Å²) in [5, 5.41) is 13.4. The van der Waals surface area contributed by atoms with Gasteiger partial charge in [0.2, 0.25) is 0 Å². The summed E-state index contributed by atoms with van der Waals surface area (Å²) in [6, 6.07) is 5.95. The maximum absolute atomic E-state index is 12.7. The highest BCUT2D eigenvalue weighted by atomic mass is 16.4. The van der Waals surface area contributed by atoms with Crippen LogP contribution in [0.1, 0.15) is 56.4 Å². The van der Waals surface area contributed by atoms with Gasteiger partial charge in [-0.15, -0.1) is 0 Å². The highest BCUT2D eigenvalue weighted by Gasteiger charge is 2.27. The molecule has 2 heterocycles. The van der Waals surface area contributed by atoms with E-state index < -0.39 is 5.97 Å². The molecule has 0 spiro atoms. The molecule has 0 aliphatic carbocycles. The van der Waals surface area contributed by atoms with Gasteiger partial charge in [0.15, 0.2) is 0 Å². The number of hydrogen-bond donors (Lipinski definition) is 1. The Labute approximate surface area is 147 Å². The molecule has 2 aromatic rings. The maximum Gasteiger partial charge on any atom is 0.339 e. The van der Waals surface area contributed by atoms with Gasteiger partial charge in [0, 0.05) is 18.7 Å². The van der Waals surface area contributed by atoms with Crippen molar-refractivity contribution in [3.05, 3.63) is 52.3 Å². The summed E-state index contributed by atoms with van der Waals surface area (Å²) < 4.78 is 1.79. The third kappa shape index (κ3) is 3.29. The minimum absolute atomic E-state index is 0.0602. The number of carbonyl (C=O) groups excluding carboxylic acids is 1. The van der Waals surface area contributed by atoms with Crippen LogP contribution in [0.4, 0.5) is 0 Å². The van der Waals surface area contributed by atoms with Crippen LogP contribution < -0.4 is 0 Å². The molecule has 1 aromatic heterocycles. The molecule has 3 rings (SSSR count). The van der Waals surface area contributed by atoms with E-state index in [-0.39, 0.29) is 17.5 Å². The highest BCUT2D eigenvalue weighted by Crippen LogP contribution is 2.25. The second-order valence-electron chi connectivity index (χ2n) is 6.72. The Kier molecular flexibility index (Phi) is 4.61. The molecule has 0 bridgehead atoms. The number of rotatable bonds is 3. The molecule has 0 radical (unpaired) electrons. The lowest BCUT2D eigenvalue weighted by molar-refractivity contribution is 0.0688. The van der Waals surface area contributed by atoms with Crippen molar-refractivity contribution in [2.75, 3.05) is 13.1 Å². The largest absolute Gasteiger partial charge is 0.478 e. The van der Waals surface area contributed by atoms with E-state index in [0.717, 1.165) is 24.0 Å². The summed E-state index contributed by atoms with van der Waals surface area (Å²) in [6.45, 7) is 7.13. The Bertz CT molecular complexity index is 817. The minimum Gasteiger partial charge on any atom is -0.478 e. The van der Waals surface area contributed by atoms with E-state index in [2.05, 4.69) is 5.10 Å². The monoisotopic (exact) mass is 341 g/mol. The van der Waals surface area contributed by atoms with Gasteiger partial charge in [-0.2, -0.15) is 5.10 Å². The molecule has 1 amide bonds. The highest BCUT2D eigenvalue weighted by molar-refractivity contribution is 5.94. The van der Waals surface area contributed by atoms with E-state index in [4.69, 9.17) is 5.11 Å².